The monoisotopic (exact) mass is 429 g/mol. The third-order valence-electron chi connectivity index (χ3n) is 4.81. The van der Waals surface area contributed by atoms with Gasteiger partial charge in [0.05, 0.1) is 23.2 Å². The Labute approximate surface area is 173 Å². The minimum absolute atomic E-state index is 0.0160. The Morgan fingerprint density at radius 2 is 1.90 bits per heavy atom. The number of anilines is 1. The van der Waals surface area contributed by atoms with Gasteiger partial charge in [0.2, 0.25) is 0 Å². The van der Waals surface area contributed by atoms with Gasteiger partial charge in [0.1, 0.15) is 17.4 Å². The topological polar surface area (TPSA) is 90.3 Å². The quantitative estimate of drug-likeness (QED) is 0.650. The number of nitrogens with zero attached hydrogens (tertiary/aromatic N) is 2. The molecule has 1 unspecified atom stereocenters. The molecule has 1 aromatic heterocycles. The lowest BCUT2D eigenvalue weighted by Gasteiger charge is -2.14. The van der Waals surface area contributed by atoms with Gasteiger partial charge in [-0.15, -0.1) is 0 Å². The van der Waals surface area contributed by atoms with E-state index in [0.717, 1.165) is 5.56 Å². The van der Waals surface area contributed by atoms with E-state index in [9.17, 15) is 17.6 Å². The van der Waals surface area contributed by atoms with E-state index in [1.54, 1.807) is 10.7 Å². The van der Waals surface area contributed by atoms with E-state index < -0.39 is 21.6 Å². The molecule has 156 valence electrons. The Kier molecular flexibility index (Phi) is 5.54. The number of carbonyl (C=O) groups excluding carboxylic acids is 1. The van der Waals surface area contributed by atoms with E-state index in [4.69, 9.17) is 4.74 Å². The Hall–Kier alpha value is -3.20. The lowest BCUT2D eigenvalue weighted by atomic mass is 10.1. The van der Waals surface area contributed by atoms with Gasteiger partial charge < -0.3 is 10.1 Å². The molecule has 2 heterocycles. The zero-order chi connectivity index (χ0) is 21.1. The maximum Gasteiger partial charge on any atom is 0.263 e. The molecule has 30 heavy (non-hydrogen) atoms. The van der Waals surface area contributed by atoms with Crippen molar-refractivity contribution >= 4 is 21.6 Å². The Morgan fingerprint density at radius 3 is 2.57 bits per heavy atom. The van der Waals surface area contributed by atoms with Crippen molar-refractivity contribution in [3.63, 3.8) is 0 Å². The lowest BCUT2D eigenvalue weighted by Crippen LogP contribution is -2.23. The van der Waals surface area contributed by atoms with Gasteiger partial charge in [-0.25, -0.2) is 17.5 Å². The average molecular weight is 429 g/mol. The maximum atomic E-state index is 13.0. The second-order valence-corrected chi connectivity index (χ2v) is 9.30. The summed E-state index contributed by atoms with van der Waals surface area (Å²) in [6, 6.07) is 16.2. The molecule has 1 saturated heterocycles. The van der Waals surface area contributed by atoms with Crippen molar-refractivity contribution in [3.8, 4) is 17.0 Å². The van der Waals surface area contributed by atoms with Crippen LogP contribution in [0.2, 0.25) is 0 Å². The van der Waals surface area contributed by atoms with Gasteiger partial charge in [-0.1, -0.05) is 30.3 Å². The number of aromatic nitrogens is 2. The van der Waals surface area contributed by atoms with Crippen LogP contribution in [0.15, 0.2) is 60.7 Å². The van der Waals surface area contributed by atoms with Crippen LogP contribution in [0.5, 0.6) is 5.75 Å². The number of amides is 1. The molecule has 4 rings (SSSR count). The van der Waals surface area contributed by atoms with E-state index in [0.29, 0.717) is 23.7 Å². The first-order valence-electron chi connectivity index (χ1n) is 9.43. The first-order chi connectivity index (χ1) is 14.4. The molecule has 0 radical (unpaired) electrons. The van der Waals surface area contributed by atoms with Crippen molar-refractivity contribution in [1.82, 2.24) is 9.78 Å². The highest BCUT2D eigenvalue weighted by Crippen LogP contribution is 2.30. The summed E-state index contributed by atoms with van der Waals surface area (Å²) >= 11 is 0. The van der Waals surface area contributed by atoms with E-state index in [2.05, 4.69) is 10.4 Å². The predicted octanol–water partition coefficient (Wildman–Crippen LogP) is 3.07. The zero-order valence-corrected chi connectivity index (χ0v) is 16.8. The van der Waals surface area contributed by atoms with Gasteiger partial charge in [0, 0.05) is 11.6 Å². The number of hydrogen-bond donors (Lipinski definition) is 1. The lowest BCUT2D eigenvalue weighted by molar-refractivity contribution is -0.118. The largest absolute Gasteiger partial charge is 0.484 e. The summed E-state index contributed by atoms with van der Waals surface area (Å²) in [5, 5.41) is 7.32. The highest BCUT2D eigenvalue weighted by molar-refractivity contribution is 7.91. The van der Waals surface area contributed by atoms with E-state index in [1.165, 1.54) is 24.3 Å². The molecule has 3 aromatic rings. The average Bonchev–Trinajstić information content (AvgIpc) is 3.31. The summed E-state index contributed by atoms with van der Waals surface area (Å²) < 4.78 is 43.8. The number of sulfone groups is 1. The minimum atomic E-state index is -3.12. The molecule has 1 aliphatic heterocycles. The Bertz CT molecular complexity index is 1140. The van der Waals surface area contributed by atoms with Gasteiger partial charge in [0.15, 0.2) is 16.4 Å². The summed E-state index contributed by atoms with van der Waals surface area (Å²) in [4.78, 5) is 12.4. The number of ether oxygens (including phenoxy) is 1. The molecule has 0 bridgehead atoms. The normalized spacial score (nSPS) is 17.6. The molecule has 1 atom stereocenters. The SMILES string of the molecule is O=C(COc1ccc(F)cc1)Nc1cc(-c2ccccc2)nn1C1CCS(=O)(=O)C1. The first kappa shape index (κ1) is 20.1. The van der Waals surface area contributed by atoms with Crippen LogP contribution in [0.25, 0.3) is 11.3 Å². The number of benzene rings is 2. The highest BCUT2D eigenvalue weighted by atomic mass is 32.2. The van der Waals surface area contributed by atoms with Crippen molar-refractivity contribution in [3.05, 3.63) is 66.5 Å². The van der Waals surface area contributed by atoms with Crippen molar-refractivity contribution in [2.75, 3.05) is 23.4 Å². The van der Waals surface area contributed by atoms with Crippen LogP contribution >= 0.6 is 0 Å². The maximum absolute atomic E-state index is 13.0. The summed E-state index contributed by atoms with van der Waals surface area (Å²) in [5.41, 5.74) is 1.49. The second kappa shape index (κ2) is 8.27. The van der Waals surface area contributed by atoms with Crippen molar-refractivity contribution in [1.29, 1.82) is 0 Å². The van der Waals surface area contributed by atoms with Crippen LogP contribution < -0.4 is 10.1 Å². The molecule has 0 saturated carbocycles. The molecule has 1 N–H and O–H groups in total. The summed E-state index contributed by atoms with van der Waals surface area (Å²) in [6.07, 6.45) is 0.438. The van der Waals surface area contributed by atoms with Gasteiger partial charge in [0.25, 0.3) is 5.91 Å². The Morgan fingerprint density at radius 1 is 1.17 bits per heavy atom. The molecule has 2 aromatic carbocycles. The molecular weight excluding hydrogens is 409 g/mol. The predicted molar refractivity (Wildman–Crippen MR) is 110 cm³/mol. The molecule has 1 amide bonds. The van der Waals surface area contributed by atoms with Gasteiger partial charge in [-0.05, 0) is 30.7 Å². The third-order valence-corrected chi connectivity index (χ3v) is 6.56. The number of nitrogens with one attached hydrogen (secondary N) is 1. The smallest absolute Gasteiger partial charge is 0.263 e. The molecule has 7 nitrogen and oxygen atoms in total. The number of hydrogen-bond acceptors (Lipinski definition) is 5. The standard InChI is InChI=1S/C21H20FN3O4S/c22-16-6-8-18(9-7-16)29-13-21(26)23-20-12-19(15-4-2-1-3-5-15)24-25(20)17-10-11-30(27,28)14-17/h1-9,12,17H,10-11,13-14H2,(H,23,26). The van der Waals surface area contributed by atoms with Gasteiger partial charge >= 0.3 is 0 Å². The van der Waals surface area contributed by atoms with Crippen molar-refractivity contribution in [2.45, 2.75) is 12.5 Å². The van der Waals surface area contributed by atoms with Crippen LogP contribution in [0.1, 0.15) is 12.5 Å². The first-order valence-corrected chi connectivity index (χ1v) is 11.3. The van der Waals surface area contributed by atoms with Crippen LogP contribution in [-0.2, 0) is 14.6 Å². The van der Waals surface area contributed by atoms with Crippen LogP contribution in [0.4, 0.5) is 10.2 Å². The summed E-state index contributed by atoms with van der Waals surface area (Å²) in [7, 11) is -3.12. The number of halogens is 1. The molecule has 0 aliphatic carbocycles. The fraction of sp³-hybridized carbons (Fsp3) is 0.238. The molecule has 1 fully saturated rings. The zero-order valence-electron chi connectivity index (χ0n) is 16.0. The van der Waals surface area contributed by atoms with Crippen LogP contribution in [-0.4, -0.2) is 42.2 Å². The van der Waals surface area contributed by atoms with Crippen LogP contribution in [0.3, 0.4) is 0 Å². The van der Waals surface area contributed by atoms with E-state index in [1.807, 2.05) is 30.3 Å². The van der Waals surface area contributed by atoms with Crippen molar-refractivity contribution < 1.29 is 22.3 Å². The number of rotatable bonds is 6. The number of carbonyl (C=O) groups is 1. The van der Waals surface area contributed by atoms with Gasteiger partial charge in [-0.3, -0.25) is 4.79 Å². The van der Waals surface area contributed by atoms with E-state index in [-0.39, 0.29) is 24.2 Å². The fourth-order valence-corrected chi connectivity index (χ4v) is 5.03. The van der Waals surface area contributed by atoms with Crippen LogP contribution in [0, 0.1) is 5.82 Å². The van der Waals surface area contributed by atoms with Crippen molar-refractivity contribution in [2.24, 2.45) is 0 Å². The minimum Gasteiger partial charge on any atom is -0.484 e. The fourth-order valence-electron chi connectivity index (χ4n) is 3.34. The molecule has 1 aliphatic rings. The Balaban J connectivity index is 1.53. The third kappa shape index (κ3) is 4.68. The second-order valence-electron chi connectivity index (χ2n) is 7.07. The van der Waals surface area contributed by atoms with E-state index >= 15 is 0 Å². The highest BCUT2D eigenvalue weighted by Gasteiger charge is 2.31. The molecule has 9 heteroatoms. The summed E-state index contributed by atoms with van der Waals surface area (Å²) in [5.74, 6) is 0.0316. The van der Waals surface area contributed by atoms with Gasteiger partial charge in [-0.2, -0.15) is 5.10 Å². The molecular formula is C21H20FN3O4S. The molecule has 0 spiro atoms. The summed E-state index contributed by atoms with van der Waals surface area (Å²) in [6.45, 7) is -0.277.